The Morgan fingerprint density at radius 3 is 3.05 bits per heavy atom. The van der Waals surface area contributed by atoms with Gasteiger partial charge in [0.25, 0.3) is 0 Å². The Hall–Kier alpha value is -2.30. The van der Waals surface area contributed by atoms with Gasteiger partial charge in [-0.25, -0.2) is 4.79 Å². The SMILES string of the molecule is Cc1cccc2c(NC3CCN(C(=O)O)C3)ccnc12. The normalized spacial score (nSPS) is 18.4. The van der Waals surface area contributed by atoms with Gasteiger partial charge in [-0.05, 0) is 25.0 Å². The molecule has 1 fully saturated rings. The summed E-state index contributed by atoms with van der Waals surface area (Å²) in [6.45, 7) is 3.17. The summed E-state index contributed by atoms with van der Waals surface area (Å²) in [6.07, 6.45) is 1.79. The molecule has 0 bridgehead atoms. The molecule has 1 amide bonds. The second kappa shape index (κ2) is 5.00. The molecule has 2 aromatic rings. The fraction of sp³-hybridized carbons (Fsp3) is 0.333. The molecule has 5 heteroatoms. The topological polar surface area (TPSA) is 65.5 Å². The summed E-state index contributed by atoms with van der Waals surface area (Å²) in [5.74, 6) is 0. The monoisotopic (exact) mass is 271 g/mol. The van der Waals surface area contributed by atoms with Gasteiger partial charge in [-0.2, -0.15) is 0 Å². The van der Waals surface area contributed by atoms with Gasteiger partial charge in [0.15, 0.2) is 0 Å². The number of fused-ring (bicyclic) bond motifs is 1. The van der Waals surface area contributed by atoms with Crippen LogP contribution in [0.5, 0.6) is 0 Å². The van der Waals surface area contributed by atoms with Crippen molar-refractivity contribution in [3.05, 3.63) is 36.0 Å². The summed E-state index contributed by atoms with van der Waals surface area (Å²) in [4.78, 5) is 16.8. The molecule has 1 unspecified atom stereocenters. The van der Waals surface area contributed by atoms with E-state index in [4.69, 9.17) is 5.11 Å². The molecule has 2 heterocycles. The predicted octanol–water partition coefficient (Wildman–Crippen LogP) is 2.71. The van der Waals surface area contributed by atoms with E-state index in [1.807, 2.05) is 31.2 Å². The number of anilines is 1. The first-order valence-electron chi connectivity index (χ1n) is 6.74. The minimum atomic E-state index is -0.843. The summed E-state index contributed by atoms with van der Waals surface area (Å²) < 4.78 is 0. The Morgan fingerprint density at radius 2 is 2.30 bits per heavy atom. The molecule has 0 radical (unpaired) electrons. The van der Waals surface area contributed by atoms with Crippen molar-refractivity contribution in [3.8, 4) is 0 Å². The number of amides is 1. The van der Waals surface area contributed by atoms with E-state index >= 15 is 0 Å². The highest BCUT2D eigenvalue weighted by Crippen LogP contribution is 2.25. The number of para-hydroxylation sites is 1. The van der Waals surface area contributed by atoms with Crippen molar-refractivity contribution in [2.75, 3.05) is 18.4 Å². The van der Waals surface area contributed by atoms with Crippen molar-refractivity contribution < 1.29 is 9.90 Å². The smallest absolute Gasteiger partial charge is 0.407 e. The minimum Gasteiger partial charge on any atom is -0.465 e. The number of hydrogen-bond donors (Lipinski definition) is 2. The van der Waals surface area contributed by atoms with Gasteiger partial charge in [-0.15, -0.1) is 0 Å². The molecule has 1 atom stereocenters. The van der Waals surface area contributed by atoms with Crippen LogP contribution in [0, 0.1) is 6.92 Å². The summed E-state index contributed by atoms with van der Waals surface area (Å²) in [5, 5.41) is 13.5. The Labute approximate surface area is 117 Å². The summed E-state index contributed by atoms with van der Waals surface area (Å²) >= 11 is 0. The van der Waals surface area contributed by atoms with Crippen LogP contribution in [0.2, 0.25) is 0 Å². The highest BCUT2D eigenvalue weighted by atomic mass is 16.4. The van der Waals surface area contributed by atoms with Crippen molar-refractivity contribution in [1.82, 2.24) is 9.88 Å². The van der Waals surface area contributed by atoms with Crippen LogP contribution in [0.3, 0.4) is 0 Å². The van der Waals surface area contributed by atoms with Crippen LogP contribution in [0.1, 0.15) is 12.0 Å². The van der Waals surface area contributed by atoms with E-state index in [1.54, 1.807) is 6.20 Å². The second-order valence-electron chi connectivity index (χ2n) is 5.19. The van der Waals surface area contributed by atoms with Crippen molar-refractivity contribution in [2.24, 2.45) is 0 Å². The number of benzene rings is 1. The molecule has 1 aromatic carbocycles. The number of aryl methyl sites for hydroxylation is 1. The van der Waals surface area contributed by atoms with Gasteiger partial charge in [-0.3, -0.25) is 4.98 Å². The molecule has 0 saturated carbocycles. The summed E-state index contributed by atoms with van der Waals surface area (Å²) in [7, 11) is 0. The zero-order chi connectivity index (χ0) is 14.1. The lowest BCUT2D eigenvalue weighted by atomic mass is 10.1. The first-order chi connectivity index (χ1) is 9.65. The lowest BCUT2D eigenvalue weighted by Crippen LogP contribution is -2.30. The van der Waals surface area contributed by atoms with Crippen LogP contribution < -0.4 is 5.32 Å². The zero-order valence-corrected chi connectivity index (χ0v) is 11.3. The van der Waals surface area contributed by atoms with E-state index in [0.717, 1.165) is 28.6 Å². The molecule has 5 nitrogen and oxygen atoms in total. The number of hydrogen-bond acceptors (Lipinski definition) is 3. The molecule has 0 spiro atoms. The zero-order valence-electron chi connectivity index (χ0n) is 11.3. The molecule has 2 N–H and O–H groups in total. The number of aromatic nitrogens is 1. The van der Waals surface area contributed by atoms with Gasteiger partial charge < -0.3 is 15.3 Å². The number of nitrogens with one attached hydrogen (secondary N) is 1. The molecule has 1 saturated heterocycles. The van der Waals surface area contributed by atoms with Crippen LogP contribution in [0.15, 0.2) is 30.5 Å². The fourth-order valence-electron chi connectivity index (χ4n) is 2.72. The molecular weight excluding hydrogens is 254 g/mol. The third kappa shape index (κ3) is 2.27. The maximum atomic E-state index is 10.9. The lowest BCUT2D eigenvalue weighted by molar-refractivity contribution is 0.155. The average molecular weight is 271 g/mol. The average Bonchev–Trinajstić information content (AvgIpc) is 2.89. The predicted molar refractivity (Wildman–Crippen MR) is 78.1 cm³/mol. The molecular formula is C15H17N3O2. The number of carboxylic acid groups (broad SMARTS) is 1. The van der Waals surface area contributed by atoms with E-state index in [0.29, 0.717) is 13.1 Å². The van der Waals surface area contributed by atoms with Crippen LogP contribution in [-0.4, -0.2) is 40.2 Å². The fourth-order valence-corrected chi connectivity index (χ4v) is 2.72. The van der Waals surface area contributed by atoms with Crippen molar-refractivity contribution in [3.63, 3.8) is 0 Å². The summed E-state index contributed by atoms with van der Waals surface area (Å²) in [5.41, 5.74) is 3.16. The van der Waals surface area contributed by atoms with E-state index < -0.39 is 6.09 Å². The molecule has 20 heavy (non-hydrogen) atoms. The largest absolute Gasteiger partial charge is 0.465 e. The molecule has 1 aliphatic rings. The van der Waals surface area contributed by atoms with Gasteiger partial charge in [0.2, 0.25) is 0 Å². The highest BCUT2D eigenvalue weighted by Gasteiger charge is 2.25. The number of pyridine rings is 1. The standard InChI is InChI=1S/C15H17N3O2/c1-10-3-2-4-12-13(5-7-16-14(10)12)17-11-6-8-18(9-11)15(19)20/h2-5,7,11H,6,8-9H2,1H3,(H,16,17)(H,19,20). The molecule has 104 valence electrons. The number of rotatable bonds is 2. The maximum absolute atomic E-state index is 10.9. The van der Waals surface area contributed by atoms with E-state index in [-0.39, 0.29) is 6.04 Å². The molecule has 1 aromatic heterocycles. The number of carbonyl (C=O) groups is 1. The molecule has 3 rings (SSSR count). The first kappa shape index (κ1) is 12.7. The van der Waals surface area contributed by atoms with Gasteiger partial charge in [0, 0.05) is 36.4 Å². The van der Waals surface area contributed by atoms with Crippen LogP contribution in [-0.2, 0) is 0 Å². The number of likely N-dealkylation sites (tertiary alicyclic amines) is 1. The van der Waals surface area contributed by atoms with E-state index in [9.17, 15) is 4.79 Å². The van der Waals surface area contributed by atoms with E-state index in [1.165, 1.54) is 4.90 Å². The van der Waals surface area contributed by atoms with Crippen molar-refractivity contribution >= 4 is 22.7 Å². The third-order valence-corrected chi connectivity index (χ3v) is 3.79. The quantitative estimate of drug-likeness (QED) is 0.881. The van der Waals surface area contributed by atoms with Crippen LogP contribution in [0.4, 0.5) is 10.5 Å². The van der Waals surface area contributed by atoms with E-state index in [2.05, 4.69) is 10.3 Å². The lowest BCUT2D eigenvalue weighted by Gasteiger charge is -2.16. The second-order valence-corrected chi connectivity index (χ2v) is 5.19. The molecule has 0 aliphatic carbocycles. The third-order valence-electron chi connectivity index (χ3n) is 3.79. The van der Waals surface area contributed by atoms with Crippen molar-refractivity contribution in [1.29, 1.82) is 0 Å². The van der Waals surface area contributed by atoms with Gasteiger partial charge in [-0.1, -0.05) is 18.2 Å². The van der Waals surface area contributed by atoms with Crippen LogP contribution in [0.25, 0.3) is 10.9 Å². The minimum absolute atomic E-state index is 0.164. The first-order valence-corrected chi connectivity index (χ1v) is 6.74. The van der Waals surface area contributed by atoms with Crippen LogP contribution >= 0.6 is 0 Å². The Morgan fingerprint density at radius 1 is 1.45 bits per heavy atom. The number of nitrogens with zero attached hydrogens (tertiary/aromatic N) is 2. The van der Waals surface area contributed by atoms with Gasteiger partial charge >= 0.3 is 6.09 Å². The Balaban J connectivity index is 1.85. The maximum Gasteiger partial charge on any atom is 0.407 e. The van der Waals surface area contributed by atoms with Gasteiger partial charge in [0.1, 0.15) is 0 Å². The Kier molecular flexibility index (Phi) is 3.18. The Bertz CT molecular complexity index is 657. The molecule has 1 aliphatic heterocycles. The summed E-state index contributed by atoms with van der Waals surface area (Å²) in [6, 6.07) is 8.22. The highest BCUT2D eigenvalue weighted by molar-refractivity contribution is 5.92. The van der Waals surface area contributed by atoms with Gasteiger partial charge in [0.05, 0.1) is 5.52 Å². The van der Waals surface area contributed by atoms with Crippen molar-refractivity contribution in [2.45, 2.75) is 19.4 Å².